The average Bonchev–Trinajstić information content (AvgIpc) is 2.60. The van der Waals surface area contributed by atoms with Crippen LogP contribution in [0.5, 0.6) is 0 Å². The summed E-state index contributed by atoms with van der Waals surface area (Å²) in [6, 6.07) is 2.04. The summed E-state index contributed by atoms with van der Waals surface area (Å²) in [5.41, 5.74) is 0. The number of unbranched alkanes of at least 4 members (excludes halogenated alkanes) is 2. The number of aromatic nitrogens is 2. The molecule has 0 saturated heterocycles. The molecule has 0 aliphatic carbocycles. The van der Waals surface area contributed by atoms with Crippen molar-refractivity contribution in [1.82, 2.24) is 9.78 Å². The zero-order valence-electron chi connectivity index (χ0n) is 7.93. The van der Waals surface area contributed by atoms with Gasteiger partial charge >= 0.3 is 0 Å². The Morgan fingerprint density at radius 2 is 2.27 bits per heavy atom. The van der Waals surface area contributed by atoms with E-state index in [2.05, 4.69) is 5.10 Å². The number of halogens is 1. The van der Waals surface area contributed by atoms with Crippen LogP contribution in [0.15, 0.2) is 17.3 Å². The molecule has 82 valence electrons. The summed E-state index contributed by atoms with van der Waals surface area (Å²) >= 11 is 0. The third kappa shape index (κ3) is 3.90. The smallest absolute Gasteiger partial charge is 0.264 e. The highest BCUT2D eigenvalue weighted by Gasteiger charge is 2.11. The van der Waals surface area contributed by atoms with Crippen LogP contribution >= 0.6 is 10.7 Å². The Morgan fingerprint density at radius 3 is 2.80 bits per heavy atom. The van der Waals surface area contributed by atoms with E-state index in [9.17, 15) is 8.42 Å². The average molecular weight is 248 g/mol. The Labute approximate surface area is 92.7 Å². The first-order valence-corrected chi connectivity index (χ1v) is 6.69. The van der Waals surface area contributed by atoms with Crippen LogP contribution in [0.4, 0.5) is 0 Å². The number of nitrogens with zero attached hydrogens (tertiary/aromatic N) is 3. The van der Waals surface area contributed by atoms with Gasteiger partial charge in [0.2, 0.25) is 0 Å². The molecule has 0 aliphatic rings. The van der Waals surface area contributed by atoms with Gasteiger partial charge in [0.05, 0.1) is 12.3 Å². The van der Waals surface area contributed by atoms with Crippen molar-refractivity contribution in [3.8, 4) is 6.07 Å². The van der Waals surface area contributed by atoms with E-state index in [0.717, 1.165) is 12.8 Å². The van der Waals surface area contributed by atoms with Crippen molar-refractivity contribution >= 4 is 19.7 Å². The van der Waals surface area contributed by atoms with Crippen LogP contribution in [0.3, 0.4) is 0 Å². The van der Waals surface area contributed by atoms with E-state index in [0.29, 0.717) is 13.0 Å². The first-order chi connectivity index (χ1) is 7.04. The second kappa shape index (κ2) is 5.14. The normalized spacial score (nSPS) is 11.2. The molecule has 0 fully saturated rings. The van der Waals surface area contributed by atoms with Crippen LogP contribution in [-0.2, 0) is 15.6 Å². The molecule has 0 unspecified atom stereocenters. The van der Waals surface area contributed by atoms with Crippen molar-refractivity contribution in [1.29, 1.82) is 5.26 Å². The summed E-state index contributed by atoms with van der Waals surface area (Å²) in [7, 11) is 1.45. The van der Waals surface area contributed by atoms with Gasteiger partial charge in [-0.25, -0.2) is 8.42 Å². The summed E-state index contributed by atoms with van der Waals surface area (Å²) < 4.78 is 23.3. The number of rotatable bonds is 5. The van der Waals surface area contributed by atoms with Gasteiger partial charge in [0, 0.05) is 29.8 Å². The molecular formula is C8H10ClN3O2S. The maximum absolute atomic E-state index is 10.9. The van der Waals surface area contributed by atoms with E-state index in [-0.39, 0.29) is 4.90 Å². The number of hydrogen-bond donors (Lipinski definition) is 0. The van der Waals surface area contributed by atoms with E-state index in [1.807, 2.05) is 6.07 Å². The van der Waals surface area contributed by atoms with Gasteiger partial charge in [0.25, 0.3) is 9.05 Å². The first kappa shape index (κ1) is 12.0. The van der Waals surface area contributed by atoms with Gasteiger partial charge < -0.3 is 0 Å². The van der Waals surface area contributed by atoms with E-state index in [1.165, 1.54) is 17.1 Å². The molecule has 0 aromatic carbocycles. The van der Waals surface area contributed by atoms with Crippen LogP contribution in [0, 0.1) is 11.3 Å². The summed E-state index contributed by atoms with van der Waals surface area (Å²) in [5.74, 6) is 0. The molecule has 0 amide bonds. The fourth-order valence-corrected chi connectivity index (χ4v) is 1.73. The van der Waals surface area contributed by atoms with Crippen molar-refractivity contribution in [2.24, 2.45) is 0 Å². The highest BCUT2D eigenvalue weighted by molar-refractivity contribution is 8.13. The maximum Gasteiger partial charge on any atom is 0.264 e. The molecule has 1 aromatic heterocycles. The Hall–Kier alpha value is -1.06. The Balaban J connectivity index is 2.51. The number of aryl methyl sites for hydroxylation is 1. The molecule has 0 atom stereocenters. The van der Waals surface area contributed by atoms with Gasteiger partial charge in [0.15, 0.2) is 0 Å². The molecular weight excluding hydrogens is 238 g/mol. The summed E-state index contributed by atoms with van der Waals surface area (Å²) in [6.07, 6.45) is 4.67. The molecule has 5 nitrogen and oxygen atoms in total. The minimum Gasteiger partial charge on any atom is -0.271 e. The van der Waals surface area contributed by atoms with E-state index in [4.69, 9.17) is 15.9 Å². The second-order valence-electron chi connectivity index (χ2n) is 2.99. The summed E-state index contributed by atoms with van der Waals surface area (Å²) in [5, 5.41) is 12.2. The van der Waals surface area contributed by atoms with Crippen molar-refractivity contribution < 1.29 is 8.42 Å². The molecule has 0 radical (unpaired) electrons. The Morgan fingerprint density at radius 1 is 1.53 bits per heavy atom. The number of nitriles is 1. The fourth-order valence-electron chi connectivity index (χ4n) is 1.07. The fraction of sp³-hybridized carbons (Fsp3) is 0.500. The van der Waals surface area contributed by atoms with Crippen LogP contribution < -0.4 is 0 Å². The summed E-state index contributed by atoms with van der Waals surface area (Å²) in [4.78, 5) is 0.00412. The first-order valence-electron chi connectivity index (χ1n) is 4.38. The third-order valence-corrected chi connectivity index (χ3v) is 3.13. The molecule has 7 heteroatoms. The van der Waals surface area contributed by atoms with E-state index >= 15 is 0 Å². The van der Waals surface area contributed by atoms with Gasteiger partial charge in [-0.05, 0) is 12.8 Å². The molecule has 0 N–H and O–H groups in total. The zero-order valence-corrected chi connectivity index (χ0v) is 9.50. The molecule has 0 aliphatic heterocycles. The molecule has 0 spiro atoms. The molecule has 0 saturated carbocycles. The Kier molecular flexibility index (Phi) is 4.12. The quantitative estimate of drug-likeness (QED) is 0.584. The lowest BCUT2D eigenvalue weighted by Gasteiger charge is -1.97. The highest BCUT2D eigenvalue weighted by atomic mass is 35.7. The lowest BCUT2D eigenvalue weighted by atomic mass is 10.2. The van der Waals surface area contributed by atoms with Crippen molar-refractivity contribution in [3.63, 3.8) is 0 Å². The monoisotopic (exact) mass is 247 g/mol. The Bertz CT molecular complexity index is 460. The highest BCUT2D eigenvalue weighted by Crippen LogP contribution is 2.13. The third-order valence-electron chi connectivity index (χ3n) is 1.82. The second-order valence-corrected chi connectivity index (χ2v) is 5.56. The SMILES string of the molecule is N#CCCCCn1cc(S(=O)(=O)Cl)cn1. The summed E-state index contributed by atoms with van der Waals surface area (Å²) in [6.45, 7) is 0.591. The van der Waals surface area contributed by atoms with Crippen molar-refractivity contribution in [2.75, 3.05) is 0 Å². The predicted molar refractivity (Wildman–Crippen MR) is 54.7 cm³/mol. The molecule has 1 aromatic rings. The van der Waals surface area contributed by atoms with Crippen molar-refractivity contribution in [3.05, 3.63) is 12.4 Å². The van der Waals surface area contributed by atoms with Gasteiger partial charge in [0.1, 0.15) is 4.90 Å². The van der Waals surface area contributed by atoms with Gasteiger partial charge in [-0.15, -0.1) is 0 Å². The zero-order chi connectivity index (χ0) is 11.3. The topological polar surface area (TPSA) is 75.8 Å². The molecule has 15 heavy (non-hydrogen) atoms. The van der Waals surface area contributed by atoms with Crippen LogP contribution in [-0.4, -0.2) is 18.2 Å². The van der Waals surface area contributed by atoms with E-state index in [1.54, 1.807) is 0 Å². The number of hydrogen-bond acceptors (Lipinski definition) is 4. The van der Waals surface area contributed by atoms with Crippen LogP contribution in [0.25, 0.3) is 0 Å². The van der Waals surface area contributed by atoms with Gasteiger partial charge in [-0.1, -0.05) is 0 Å². The predicted octanol–water partition coefficient (Wildman–Crippen LogP) is 1.50. The standard InChI is InChI=1S/C8H10ClN3O2S/c9-15(13,14)8-6-11-12(7-8)5-3-1-2-4-10/h6-7H,1-3,5H2. The van der Waals surface area contributed by atoms with Gasteiger partial charge in [-0.3, -0.25) is 4.68 Å². The largest absolute Gasteiger partial charge is 0.271 e. The molecule has 0 bridgehead atoms. The minimum absolute atomic E-state index is 0.00412. The van der Waals surface area contributed by atoms with E-state index < -0.39 is 9.05 Å². The maximum atomic E-state index is 10.9. The van der Waals surface area contributed by atoms with Crippen LogP contribution in [0.2, 0.25) is 0 Å². The molecule has 1 heterocycles. The lowest BCUT2D eigenvalue weighted by molar-refractivity contribution is 0.560. The minimum atomic E-state index is -3.68. The lowest BCUT2D eigenvalue weighted by Crippen LogP contribution is -1.98. The van der Waals surface area contributed by atoms with Crippen molar-refractivity contribution in [2.45, 2.75) is 30.7 Å². The molecule has 1 rings (SSSR count). The van der Waals surface area contributed by atoms with Crippen LogP contribution in [0.1, 0.15) is 19.3 Å². The van der Waals surface area contributed by atoms with Gasteiger partial charge in [-0.2, -0.15) is 10.4 Å².